The monoisotopic (exact) mass is 458 g/mol. The zero-order chi connectivity index (χ0) is 24.1. The first-order valence-corrected chi connectivity index (χ1v) is 13.5. The van der Waals surface area contributed by atoms with Gasteiger partial charge in [0.15, 0.2) is 0 Å². The van der Waals surface area contributed by atoms with Crippen LogP contribution in [0.4, 0.5) is 0 Å². The SMILES string of the molecule is CCC(O)C(C)C1OC1CC(C)CCCC(C)CCCCC(O)C(C)CCC(O)CCO. The molecule has 1 fully saturated rings. The number of aliphatic hydroxyl groups is 4. The minimum Gasteiger partial charge on any atom is -0.396 e. The van der Waals surface area contributed by atoms with Gasteiger partial charge in [-0.3, -0.25) is 0 Å². The van der Waals surface area contributed by atoms with Crippen LogP contribution in [0.2, 0.25) is 0 Å². The van der Waals surface area contributed by atoms with Gasteiger partial charge in [0.05, 0.1) is 30.5 Å². The number of unbranched alkanes of at least 4 members (excludes halogenated alkanes) is 1. The summed E-state index contributed by atoms with van der Waals surface area (Å²) in [6.45, 7) is 10.9. The predicted molar refractivity (Wildman–Crippen MR) is 132 cm³/mol. The molecule has 5 heteroatoms. The zero-order valence-electron chi connectivity index (χ0n) is 21.6. The molecule has 1 saturated heterocycles. The van der Waals surface area contributed by atoms with E-state index in [0.717, 1.165) is 38.0 Å². The summed E-state index contributed by atoms with van der Waals surface area (Å²) in [6, 6.07) is 0. The predicted octanol–water partition coefficient (Wildman–Crippen LogP) is 5.07. The third kappa shape index (κ3) is 12.3. The van der Waals surface area contributed by atoms with Crippen molar-refractivity contribution >= 4 is 0 Å². The van der Waals surface area contributed by atoms with E-state index in [1.807, 2.05) is 6.92 Å². The Morgan fingerprint density at radius 2 is 1.34 bits per heavy atom. The number of aliphatic hydroxyl groups excluding tert-OH is 4. The van der Waals surface area contributed by atoms with E-state index < -0.39 is 6.10 Å². The van der Waals surface area contributed by atoms with E-state index in [2.05, 4.69) is 27.7 Å². The minimum atomic E-state index is -0.450. The lowest BCUT2D eigenvalue weighted by Crippen LogP contribution is -2.23. The third-order valence-electron chi connectivity index (χ3n) is 7.71. The van der Waals surface area contributed by atoms with E-state index in [9.17, 15) is 15.3 Å². The second kappa shape index (κ2) is 16.4. The fourth-order valence-corrected chi connectivity index (χ4v) is 4.94. The Kier molecular flexibility index (Phi) is 15.3. The topological polar surface area (TPSA) is 93.5 Å². The van der Waals surface area contributed by atoms with Crippen molar-refractivity contribution in [1.82, 2.24) is 0 Å². The van der Waals surface area contributed by atoms with E-state index in [1.54, 1.807) is 0 Å². The molecule has 0 radical (unpaired) electrons. The first-order chi connectivity index (χ1) is 15.2. The van der Waals surface area contributed by atoms with Crippen LogP contribution in [0.15, 0.2) is 0 Å². The highest BCUT2D eigenvalue weighted by Gasteiger charge is 2.45. The summed E-state index contributed by atoms with van der Waals surface area (Å²) in [5.41, 5.74) is 0. The summed E-state index contributed by atoms with van der Waals surface area (Å²) in [6.07, 6.45) is 11.5. The average molecular weight is 459 g/mol. The number of hydrogen-bond donors (Lipinski definition) is 4. The molecule has 1 heterocycles. The number of hydrogen-bond acceptors (Lipinski definition) is 5. The lowest BCUT2D eigenvalue weighted by molar-refractivity contribution is 0.0772. The normalized spacial score (nSPS) is 25.0. The Labute approximate surface area is 198 Å². The third-order valence-corrected chi connectivity index (χ3v) is 7.71. The summed E-state index contributed by atoms with van der Waals surface area (Å²) in [4.78, 5) is 0. The molecule has 32 heavy (non-hydrogen) atoms. The summed E-state index contributed by atoms with van der Waals surface area (Å²) in [5.74, 6) is 1.85. The van der Waals surface area contributed by atoms with Crippen LogP contribution in [-0.4, -0.2) is 57.6 Å². The Hall–Kier alpha value is -0.200. The minimum absolute atomic E-state index is 0.0218. The van der Waals surface area contributed by atoms with Gasteiger partial charge in [-0.2, -0.15) is 0 Å². The van der Waals surface area contributed by atoms with Gasteiger partial charge >= 0.3 is 0 Å². The maximum absolute atomic E-state index is 10.3. The molecule has 0 aromatic carbocycles. The molecule has 1 aliphatic heterocycles. The summed E-state index contributed by atoms with van der Waals surface area (Å²) >= 11 is 0. The zero-order valence-corrected chi connectivity index (χ0v) is 21.6. The second-order valence-electron chi connectivity index (χ2n) is 10.9. The Morgan fingerprint density at radius 3 is 2.00 bits per heavy atom. The molecular weight excluding hydrogens is 404 g/mol. The summed E-state index contributed by atoms with van der Waals surface area (Å²) < 4.78 is 5.84. The summed E-state index contributed by atoms with van der Waals surface area (Å²) in [7, 11) is 0. The van der Waals surface area contributed by atoms with Crippen molar-refractivity contribution in [2.75, 3.05) is 6.61 Å². The fourth-order valence-electron chi connectivity index (χ4n) is 4.94. The highest BCUT2D eigenvalue weighted by atomic mass is 16.6. The van der Waals surface area contributed by atoms with E-state index >= 15 is 0 Å². The average Bonchev–Trinajstić information content (AvgIpc) is 3.52. The smallest absolute Gasteiger partial charge is 0.0892 e. The first-order valence-electron chi connectivity index (χ1n) is 13.5. The molecule has 192 valence electrons. The van der Waals surface area contributed by atoms with E-state index in [1.165, 1.54) is 32.1 Å². The van der Waals surface area contributed by atoms with E-state index in [-0.39, 0.29) is 36.8 Å². The van der Waals surface area contributed by atoms with Crippen molar-refractivity contribution in [3.05, 3.63) is 0 Å². The molecule has 0 bridgehead atoms. The molecule has 1 rings (SSSR count). The van der Waals surface area contributed by atoms with Gasteiger partial charge in [-0.25, -0.2) is 0 Å². The molecule has 5 nitrogen and oxygen atoms in total. The highest BCUT2D eigenvalue weighted by Crippen LogP contribution is 2.37. The van der Waals surface area contributed by atoms with Crippen molar-refractivity contribution in [2.45, 2.75) is 142 Å². The van der Waals surface area contributed by atoms with Gasteiger partial charge in [0.1, 0.15) is 0 Å². The molecule has 0 amide bonds. The van der Waals surface area contributed by atoms with Crippen molar-refractivity contribution < 1.29 is 25.2 Å². The van der Waals surface area contributed by atoms with Gasteiger partial charge in [0.2, 0.25) is 0 Å². The molecule has 0 spiro atoms. The van der Waals surface area contributed by atoms with Gasteiger partial charge in [-0.1, -0.05) is 73.1 Å². The molecule has 0 aromatic heterocycles. The molecule has 4 N–H and O–H groups in total. The van der Waals surface area contributed by atoms with Gasteiger partial charge in [0, 0.05) is 12.5 Å². The van der Waals surface area contributed by atoms with Crippen LogP contribution in [0.5, 0.6) is 0 Å². The van der Waals surface area contributed by atoms with E-state index in [0.29, 0.717) is 24.9 Å². The van der Waals surface area contributed by atoms with Crippen molar-refractivity contribution in [3.63, 3.8) is 0 Å². The van der Waals surface area contributed by atoms with Gasteiger partial charge in [-0.05, 0) is 56.3 Å². The molecule has 0 aromatic rings. The molecule has 9 atom stereocenters. The molecule has 1 aliphatic rings. The fraction of sp³-hybridized carbons (Fsp3) is 1.00. The van der Waals surface area contributed by atoms with Crippen LogP contribution in [0, 0.1) is 23.7 Å². The van der Waals surface area contributed by atoms with Crippen LogP contribution < -0.4 is 0 Å². The van der Waals surface area contributed by atoms with Gasteiger partial charge in [0.25, 0.3) is 0 Å². The maximum Gasteiger partial charge on any atom is 0.0892 e. The van der Waals surface area contributed by atoms with Crippen LogP contribution in [0.25, 0.3) is 0 Å². The Morgan fingerprint density at radius 1 is 0.719 bits per heavy atom. The second-order valence-corrected chi connectivity index (χ2v) is 10.9. The molecular formula is C27H54O5. The number of rotatable bonds is 20. The van der Waals surface area contributed by atoms with Gasteiger partial charge in [-0.15, -0.1) is 0 Å². The van der Waals surface area contributed by atoms with Crippen LogP contribution >= 0.6 is 0 Å². The molecule has 0 aliphatic carbocycles. The van der Waals surface area contributed by atoms with Crippen LogP contribution in [-0.2, 0) is 4.74 Å². The quantitative estimate of drug-likeness (QED) is 0.151. The Balaban J connectivity index is 2.04. The summed E-state index contributed by atoms with van der Waals surface area (Å²) in [5, 5.41) is 38.9. The van der Waals surface area contributed by atoms with Crippen molar-refractivity contribution in [3.8, 4) is 0 Å². The number of epoxide rings is 1. The highest BCUT2D eigenvalue weighted by molar-refractivity contribution is 4.92. The van der Waals surface area contributed by atoms with E-state index in [4.69, 9.17) is 9.84 Å². The largest absolute Gasteiger partial charge is 0.396 e. The van der Waals surface area contributed by atoms with Crippen LogP contribution in [0.1, 0.15) is 112 Å². The lowest BCUT2D eigenvalue weighted by Gasteiger charge is -2.20. The van der Waals surface area contributed by atoms with Crippen LogP contribution in [0.3, 0.4) is 0 Å². The lowest BCUT2D eigenvalue weighted by atomic mass is 9.89. The molecule has 9 unspecified atom stereocenters. The van der Waals surface area contributed by atoms with Gasteiger partial charge < -0.3 is 25.2 Å². The van der Waals surface area contributed by atoms with Crippen molar-refractivity contribution in [2.24, 2.45) is 23.7 Å². The van der Waals surface area contributed by atoms with Crippen molar-refractivity contribution in [1.29, 1.82) is 0 Å². The molecule has 0 saturated carbocycles. The first kappa shape index (κ1) is 29.8. The standard InChI is InChI=1S/C27H54O5/c1-6-24(30)22(5)27-26(32-27)18-20(3)12-9-11-19(2)10-7-8-13-25(31)21(4)14-15-23(29)16-17-28/h19-31H,6-18H2,1-5H3. The Bertz CT molecular complexity index is 459. The maximum atomic E-state index is 10.3. The number of ether oxygens (including phenoxy) is 1.